The molecular formula is C19H24N2OS. The van der Waals surface area contributed by atoms with Crippen LogP contribution in [0.4, 0.5) is 0 Å². The molecule has 4 rings (SSSR count). The third-order valence-electron chi connectivity index (χ3n) is 5.41. The van der Waals surface area contributed by atoms with Gasteiger partial charge in [0.25, 0.3) is 0 Å². The maximum atomic E-state index is 12.7. The van der Waals surface area contributed by atoms with Gasteiger partial charge in [-0.3, -0.25) is 4.79 Å². The van der Waals surface area contributed by atoms with Gasteiger partial charge in [-0.2, -0.15) is 0 Å². The van der Waals surface area contributed by atoms with Crippen LogP contribution >= 0.6 is 11.3 Å². The van der Waals surface area contributed by atoms with Crippen molar-refractivity contribution < 1.29 is 4.79 Å². The van der Waals surface area contributed by atoms with E-state index >= 15 is 0 Å². The molecule has 2 heterocycles. The molecule has 23 heavy (non-hydrogen) atoms. The minimum absolute atomic E-state index is 0.212. The molecule has 0 N–H and O–H groups in total. The highest BCUT2D eigenvalue weighted by molar-refractivity contribution is 7.18. The number of hydrogen-bond donors (Lipinski definition) is 0. The van der Waals surface area contributed by atoms with E-state index in [4.69, 9.17) is 4.98 Å². The van der Waals surface area contributed by atoms with E-state index in [0.29, 0.717) is 5.91 Å². The van der Waals surface area contributed by atoms with Crippen LogP contribution in [0.1, 0.15) is 62.4 Å². The Morgan fingerprint density at radius 1 is 1.17 bits per heavy atom. The van der Waals surface area contributed by atoms with Crippen molar-refractivity contribution in [3.8, 4) is 0 Å². The van der Waals surface area contributed by atoms with E-state index in [1.54, 1.807) is 11.3 Å². The summed E-state index contributed by atoms with van der Waals surface area (Å²) in [5, 5.41) is 1.12. The Balaban J connectivity index is 1.46. The molecule has 4 heteroatoms. The zero-order valence-corrected chi connectivity index (χ0v) is 14.4. The molecule has 1 aromatic carbocycles. The van der Waals surface area contributed by atoms with E-state index in [2.05, 4.69) is 23.1 Å². The maximum Gasteiger partial charge on any atom is 0.223 e. The molecule has 0 unspecified atom stereocenters. The number of thiazole rings is 1. The molecule has 0 radical (unpaired) electrons. The molecule has 0 bridgehead atoms. The molecule has 2 fully saturated rings. The summed E-state index contributed by atoms with van der Waals surface area (Å²) in [5.41, 5.74) is 1.07. The van der Waals surface area contributed by atoms with Gasteiger partial charge >= 0.3 is 0 Å². The van der Waals surface area contributed by atoms with E-state index in [1.165, 1.54) is 30.4 Å². The molecule has 122 valence electrons. The van der Waals surface area contributed by atoms with Crippen LogP contribution in [0.5, 0.6) is 0 Å². The van der Waals surface area contributed by atoms with Crippen molar-refractivity contribution >= 4 is 27.5 Å². The number of carbonyl (C=O) groups is 1. The molecule has 1 aliphatic carbocycles. The molecule has 0 spiro atoms. The number of rotatable bonds is 4. The molecule has 1 amide bonds. The lowest BCUT2D eigenvalue weighted by atomic mass is 10.0. The fourth-order valence-corrected chi connectivity index (χ4v) is 5.24. The predicted molar refractivity (Wildman–Crippen MR) is 94.5 cm³/mol. The first-order chi connectivity index (χ1) is 11.3. The number of nitrogens with zero attached hydrogens (tertiary/aromatic N) is 2. The summed E-state index contributed by atoms with van der Waals surface area (Å²) < 4.78 is 1.23. The van der Waals surface area contributed by atoms with Crippen molar-refractivity contribution in [3.63, 3.8) is 0 Å². The summed E-state index contributed by atoms with van der Waals surface area (Å²) in [5.74, 6) is 1.14. The van der Waals surface area contributed by atoms with Gasteiger partial charge in [-0.15, -0.1) is 11.3 Å². The first-order valence-electron chi connectivity index (χ1n) is 8.96. The molecule has 1 aromatic heterocycles. The number of aromatic nitrogens is 1. The third kappa shape index (κ3) is 3.14. The second-order valence-electron chi connectivity index (χ2n) is 6.95. The van der Waals surface area contributed by atoms with Crippen molar-refractivity contribution in [2.45, 2.75) is 57.4 Å². The first kappa shape index (κ1) is 15.1. The smallest absolute Gasteiger partial charge is 0.223 e. The second kappa shape index (κ2) is 6.60. The Morgan fingerprint density at radius 3 is 2.83 bits per heavy atom. The molecule has 2 aromatic rings. The Morgan fingerprint density at radius 2 is 2.00 bits per heavy atom. The molecular weight excluding hydrogens is 304 g/mol. The highest BCUT2D eigenvalue weighted by atomic mass is 32.1. The van der Waals surface area contributed by atoms with Crippen LogP contribution in [0.3, 0.4) is 0 Å². The lowest BCUT2D eigenvalue weighted by Gasteiger charge is -2.23. The topological polar surface area (TPSA) is 33.2 Å². The van der Waals surface area contributed by atoms with E-state index in [-0.39, 0.29) is 6.04 Å². The Labute approximate surface area is 141 Å². The first-order valence-corrected chi connectivity index (χ1v) is 9.78. The fourth-order valence-electron chi connectivity index (χ4n) is 4.12. The number of fused-ring (bicyclic) bond motifs is 1. The van der Waals surface area contributed by atoms with Gasteiger partial charge in [0.15, 0.2) is 0 Å². The lowest BCUT2D eigenvalue weighted by Crippen LogP contribution is -2.30. The Hall–Kier alpha value is -1.42. The van der Waals surface area contributed by atoms with Gasteiger partial charge in [-0.05, 0) is 37.3 Å². The van der Waals surface area contributed by atoms with Gasteiger partial charge in [0.1, 0.15) is 5.01 Å². The van der Waals surface area contributed by atoms with Gasteiger partial charge in [0.05, 0.1) is 16.3 Å². The van der Waals surface area contributed by atoms with Gasteiger partial charge < -0.3 is 4.90 Å². The van der Waals surface area contributed by atoms with Crippen molar-refractivity contribution in [1.29, 1.82) is 0 Å². The van der Waals surface area contributed by atoms with Gasteiger partial charge in [0, 0.05) is 13.0 Å². The predicted octanol–water partition coefficient (Wildman–Crippen LogP) is 4.93. The number of hydrogen-bond acceptors (Lipinski definition) is 3. The van der Waals surface area contributed by atoms with Crippen LogP contribution in [-0.4, -0.2) is 22.3 Å². The SMILES string of the molecule is O=C(CCC1CCCC1)N1CCC[C@H]1c1nc2ccccc2s1. The quantitative estimate of drug-likeness (QED) is 0.797. The minimum Gasteiger partial charge on any atom is -0.333 e. The summed E-state index contributed by atoms with van der Waals surface area (Å²) >= 11 is 1.75. The zero-order valence-electron chi connectivity index (χ0n) is 13.5. The molecule has 3 nitrogen and oxygen atoms in total. The summed E-state index contributed by atoms with van der Waals surface area (Å²) in [6, 6.07) is 8.49. The summed E-state index contributed by atoms with van der Waals surface area (Å²) in [6.07, 6.45) is 9.36. The monoisotopic (exact) mass is 328 g/mol. The highest BCUT2D eigenvalue weighted by Gasteiger charge is 2.32. The number of benzene rings is 1. The fraction of sp³-hybridized carbons (Fsp3) is 0.579. The van der Waals surface area contributed by atoms with E-state index in [1.807, 2.05) is 6.07 Å². The van der Waals surface area contributed by atoms with Gasteiger partial charge in [-0.25, -0.2) is 4.98 Å². The van der Waals surface area contributed by atoms with Crippen LogP contribution in [0, 0.1) is 5.92 Å². The third-order valence-corrected chi connectivity index (χ3v) is 6.55. The summed E-state index contributed by atoms with van der Waals surface area (Å²) in [4.78, 5) is 19.6. The number of amides is 1. The molecule has 1 atom stereocenters. The van der Waals surface area contributed by atoms with Crippen LogP contribution in [-0.2, 0) is 4.79 Å². The van der Waals surface area contributed by atoms with Crippen molar-refractivity contribution in [2.75, 3.05) is 6.54 Å². The van der Waals surface area contributed by atoms with Crippen molar-refractivity contribution in [3.05, 3.63) is 29.3 Å². The lowest BCUT2D eigenvalue weighted by molar-refractivity contribution is -0.132. The minimum atomic E-state index is 0.212. The van der Waals surface area contributed by atoms with Crippen LogP contribution in [0.2, 0.25) is 0 Å². The standard InChI is InChI=1S/C19H24N2OS/c22-18(12-11-14-6-1-2-7-14)21-13-5-9-16(21)19-20-15-8-3-4-10-17(15)23-19/h3-4,8,10,14,16H,1-2,5-7,9,11-13H2/t16-/m0/s1. The van der Waals surface area contributed by atoms with Crippen LogP contribution in [0.15, 0.2) is 24.3 Å². The number of likely N-dealkylation sites (tertiary alicyclic amines) is 1. The average Bonchev–Trinajstić information content (AvgIpc) is 3.31. The van der Waals surface area contributed by atoms with Crippen molar-refractivity contribution in [2.24, 2.45) is 5.92 Å². The van der Waals surface area contributed by atoms with Crippen molar-refractivity contribution in [1.82, 2.24) is 9.88 Å². The number of carbonyl (C=O) groups excluding carboxylic acids is 1. The van der Waals surface area contributed by atoms with Crippen LogP contribution in [0.25, 0.3) is 10.2 Å². The zero-order chi connectivity index (χ0) is 15.6. The summed E-state index contributed by atoms with van der Waals surface area (Å²) in [7, 11) is 0. The molecule has 1 saturated heterocycles. The van der Waals surface area contributed by atoms with E-state index in [9.17, 15) is 4.79 Å². The molecule has 1 saturated carbocycles. The highest BCUT2D eigenvalue weighted by Crippen LogP contribution is 2.37. The van der Waals surface area contributed by atoms with Gasteiger partial charge in [0.2, 0.25) is 5.91 Å². The molecule has 2 aliphatic rings. The van der Waals surface area contributed by atoms with Crippen LogP contribution < -0.4 is 0 Å². The number of para-hydroxylation sites is 1. The maximum absolute atomic E-state index is 12.7. The summed E-state index contributed by atoms with van der Waals surface area (Å²) in [6.45, 7) is 0.907. The normalized spacial score (nSPS) is 22.3. The average molecular weight is 328 g/mol. The van der Waals surface area contributed by atoms with E-state index in [0.717, 1.165) is 48.7 Å². The van der Waals surface area contributed by atoms with Gasteiger partial charge in [-0.1, -0.05) is 37.8 Å². The Bertz CT molecular complexity index is 656. The molecule has 1 aliphatic heterocycles. The van der Waals surface area contributed by atoms with E-state index < -0.39 is 0 Å². The largest absolute Gasteiger partial charge is 0.333 e. The Kier molecular flexibility index (Phi) is 4.34. The second-order valence-corrected chi connectivity index (χ2v) is 8.02.